The third-order valence-electron chi connectivity index (χ3n) is 1.38. The Morgan fingerprint density at radius 2 is 1.37 bits per heavy atom. The van der Waals surface area contributed by atoms with Gasteiger partial charge in [-0.2, -0.15) is 4.31 Å². The van der Waals surface area contributed by atoms with Crippen molar-refractivity contribution in [3.05, 3.63) is 35.9 Å². The Balaban J connectivity index is 0.000000344. The van der Waals surface area contributed by atoms with Crippen LogP contribution in [0.15, 0.2) is 30.3 Å². The molecule has 0 bridgehead atoms. The number of rotatable bonds is 4. The van der Waals surface area contributed by atoms with Crippen molar-refractivity contribution in [2.45, 2.75) is 6.54 Å². The molecule has 0 heterocycles. The predicted molar refractivity (Wildman–Crippen MR) is 60.7 cm³/mol. The van der Waals surface area contributed by atoms with Crippen molar-refractivity contribution in [2.24, 2.45) is 0 Å². The molecule has 0 aliphatic heterocycles. The van der Waals surface area contributed by atoms with Gasteiger partial charge in [0.1, 0.15) is 0 Å². The molecule has 0 aliphatic carbocycles. The van der Waals surface area contributed by atoms with Gasteiger partial charge in [0.05, 0.1) is 6.54 Å². The van der Waals surface area contributed by atoms with Gasteiger partial charge in [-0.25, -0.2) is 9.13 Å². The molecule has 6 N–H and O–H groups in total. The summed E-state index contributed by atoms with van der Waals surface area (Å²) in [4.78, 5) is 31.0. The Morgan fingerprint density at radius 3 is 1.63 bits per heavy atom. The van der Waals surface area contributed by atoms with E-state index < -0.39 is 15.6 Å². The van der Waals surface area contributed by atoms with Crippen molar-refractivity contribution in [3.63, 3.8) is 0 Å². The van der Waals surface area contributed by atoms with Gasteiger partial charge in [-0.1, -0.05) is 35.6 Å². The maximum Gasteiger partial charge on any atom is 0.478 e. The Kier molecular flexibility index (Phi) is 7.57. The average Bonchev–Trinajstić information content (AvgIpc) is 2.12. The maximum atomic E-state index is 9.63. The smallest absolute Gasteiger partial charge is 0.302 e. The highest BCUT2D eigenvalue weighted by Crippen LogP contribution is 2.53. The van der Waals surface area contributed by atoms with Gasteiger partial charge in [-0.05, 0) is 5.56 Å². The van der Waals surface area contributed by atoms with E-state index in [9.17, 15) is 9.13 Å². The summed E-state index contributed by atoms with van der Waals surface area (Å²) in [5.74, 6) is 0. The molecule has 1 aromatic carbocycles. The highest BCUT2D eigenvalue weighted by atomic mass is 31.3. The third-order valence-corrected chi connectivity index (χ3v) is 3.08. The van der Waals surface area contributed by atoms with Gasteiger partial charge in [0.2, 0.25) is 0 Å². The number of benzene rings is 1. The van der Waals surface area contributed by atoms with Crippen LogP contribution in [-0.4, -0.2) is 35.2 Å². The standard InChI is InChI=1S/C7H9NO2.H4O7P2/c9-8(10)6-7-4-2-1-3-5-7;1-8(2,3)7-9(4,5)6/h1-5,9-10H,6H2;(H2,1,2,3)(H2,4,5,6). The van der Waals surface area contributed by atoms with Crippen LogP contribution in [-0.2, 0) is 20.0 Å². The van der Waals surface area contributed by atoms with E-state index >= 15 is 0 Å². The van der Waals surface area contributed by atoms with Crippen LogP contribution in [0.25, 0.3) is 0 Å². The first kappa shape index (κ1) is 18.4. The molecular weight excluding hydrogens is 304 g/mol. The Bertz CT molecular complexity index is 433. The topological polar surface area (TPSA) is 168 Å². The summed E-state index contributed by atoms with van der Waals surface area (Å²) in [6.07, 6.45) is 0. The zero-order valence-corrected chi connectivity index (χ0v) is 11.1. The first-order valence-corrected chi connectivity index (χ1v) is 7.57. The molecule has 0 aromatic heterocycles. The van der Waals surface area contributed by atoms with E-state index in [1.807, 2.05) is 30.3 Å². The van der Waals surface area contributed by atoms with Crippen molar-refractivity contribution in [2.75, 3.05) is 0 Å². The van der Waals surface area contributed by atoms with Crippen molar-refractivity contribution in [1.82, 2.24) is 5.23 Å². The molecule has 110 valence electrons. The van der Waals surface area contributed by atoms with Gasteiger partial charge in [0.15, 0.2) is 0 Å². The number of hydroxylamine groups is 2. The molecule has 19 heavy (non-hydrogen) atoms. The van der Waals surface area contributed by atoms with E-state index in [1.54, 1.807) is 0 Å². The highest BCUT2D eigenvalue weighted by molar-refractivity contribution is 7.60. The molecule has 10 nitrogen and oxygen atoms in total. The second kappa shape index (κ2) is 7.83. The lowest BCUT2D eigenvalue weighted by atomic mass is 10.2. The molecule has 0 radical (unpaired) electrons. The molecule has 0 atom stereocenters. The van der Waals surface area contributed by atoms with E-state index in [4.69, 9.17) is 30.0 Å². The summed E-state index contributed by atoms with van der Waals surface area (Å²) in [5, 5.41) is 17.0. The van der Waals surface area contributed by atoms with Crippen LogP contribution in [0.1, 0.15) is 5.56 Å². The normalized spacial score (nSPS) is 11.9. The van der Waals surface area contributed by atoms with Crippen LogP contribution in [0.5, 0.6) is 0 Å². The Labute approximate surface area is 107 Å². The zero-order valence-electron chi connectivity index (χ0n) is 9.34. The second-order valence-electron chi connectivity index (χ2n) is 3.08. The fourth-order valence-electron chi connectivity index (χ4n) is 0.885. The summed E-state index contributed by atoms with van der Waals surface area (Å²) in [7, 11) is -10.1. The molecule has 0 spiro atoms. The van der Waals surface area contributed by atoms with E-state index in [2.05, 4.69) is 4.31 Å². The summed E-state index contributed by atoms with van der Waals surface area (Å²) in [6.45, 7) is 0.140. The van der Waals surface area contributed by atoms with Gasteiger partial charge in [-0.15, -0.1) is 0 Å². The summed E-state index contributed by atoms with van der Waals surface area (Å²) in [6, 6.07) is 9.21. The number of hydrogen-bond donors (Lipinski definition) is 6. The largest absolute Gasteiger partial charge is 0.478 e. The van der Waals surface area contributed by atoms with Crippen LogP contribution in [0.4, 0.5) is 0 Å². The zero-order chi connectivity index (χ0) is 15.1. The summed E-state index contributed by atoms with van der Waals surface area (Å²) in [5.41, 5.74) is 0.868. The lowest BCUT2D eigenvalue weighted by molar-refractivity contribution is -0.314. The Morgan fingerprint density at radius 1 is 0.947 bits per heavy atom. The fourth-order valence-corrected chi connectivity index (χ4v) is 1.99. The highest BCUT2D eigenvalue weighted by Gasteiger charge is 2.27. The molecule has 0 fully saturated rings. The van der Waals surface area contributed by atoms with Crippen molar-refractivity contribution in [3.8, 4) is 0 Å². The lowest BCUT2D eigenvalue weighted by Crippen LogP contribution is -2.12. The van der Waals surface area contributed by atoms with Gasteiger partial charge in [0, 0.05) is 0 Å². The van der Waals surface area contributed by atoms with Crippen molar-refractivity contribution >= 4 is 15.6 Å². The van der Waals surface area contributed by atoms with Crippen molar-refractivity contribution in [1.29, 1.82) is 0 Å². The first-order chi connectivity index (χ1) is 8.49. The summed E-state index contributed by atoms with van der Waals surface area (Å²) >= 11 is 0. The lowest BCUT2D eigenvalue weighted by Gasteiger charge is -2.04. The minimum atomic E-state index is -5.05. The van der Waals surface area contributed by atoms with Crippen LogP contribution in [0.3, 0.4) is 0 Å². The third kappa shape index (κ3) is 13.6. The van der Waals surface area contributed by atoms with Crippen LogP contribution in [0.2, 0.25) is 0 Å². The van der Waals surface area contributed by atoms with Gasteiger partial charge < -0.3 is 19.6 Å². The second-order valence-corrected chi connectivity index (χ2v) is 5.69. The van der Waals surface area contributed by atoms with E-state index in [0.717, 1.165) is 5.56 Å². The number of hydrogen-bond acceptors (Lipinski definition) is 6. The molecule has 12 heteroatoms. The van der Waals surface area contributed by atoms with Gasteiger partial charge in [-0.3, -0.25) is 10.4 Å². The minimum Gasteiger partial charge on any atom is -0.302 e. The monoisotopic (exact) mass is 317 g/mol. The number of phosphoric acid groups is 2. The molecule has 0 saturated carbocycles. The average molecular weight is 317 g/mol. The molecule has 0 unspecified atom stereocenters. The quantitative estimate of drug-likeness (QED) is 0.339. The number of nitrogens with zero attached hydrogens (tertiary/aromatic N) is 1. The molecule has 1 rings (SSSR count). The van der Waals surface area contributed by atoms with Crippen LogP contribution in [0, 0.1) is 0 Å². The van der Waals surface area contributed by atoms with E-state index in [0.29, 0.717) is 0 Å². The molecule has 0 amide bonds. The van der Waals surface area contributed by atoms with Crippen molar-refractivity contribution < 1.29 is 43.4 Å². The maximum absolute atomic E-state index is 9.63. The minimum absolute atomic E-state index is 0.140. The molecular formula is C7H13NO9P2. The predicted octanol–water partition coefficient (Wildman–Crippen LogP) is 0.455. The van der Waals surface area contributed by atoms with E-state index in [1.165, 1.54) is 0 Å². The molecule has 1 aromatic rings. The SMILES string of the molecule is O=P(O)(O)OP(=O)(O)O.ON(O)Cc1ccccc1. The van der Waals surface area contributed by atoms with Crippen LogP contribution >= 0.6 is 15.6 Å². The van der Waals surface area contributed by atoms with Gasteiger partial charge >= 0.3 is 15.6 Å². The van der Waals surface area contributed by atoms with Crippen LogP contribution < -0.4 is 0 Å². The Hall–Kier alpha value is -0.640. The molecule has 0 aliphatic rings. The van der Waals surface area contributed by atoms with Gasteiger partial charge in [0.25, 0.3) is 0 Å². The first-order valence-electron chi connectivity index (χ1n) is 4.51. The fraction of sp³-hybridized carbons (Fsp3) is 0.143. The van der Waals surface area contributed by atoms with E-state index in [-0.39, 0.29) is 11.8 Å². The summed E-state index contributed by atoms with van der Waals surface area (Å²) < 4.78 is 22.2. The molecule has 0 saturated heterocycles.